The molecule has 2 amide bonds. The van der Waals surface area contributed by atoms with E-state index in [0.717, 1.165) is 5.56 Å². The summed E-state index contributed by atoms with van der Waals surface area (Å²) in [6, 6.07) is 14.1. The molecule has 0 aliphatic heterocycles. The van der Waals surface area contributed by atoms with Crippen molar-refractivity contribution in [2.75, 3.05) is 13.7 Å². The number of nitrogens with zero attached hydrogens (tertiary/aromatic N) is 1. The minimum absolute atomic E-state index is 0.168. The Morgan fingerprint density at radius 1 is 1.03 bits per heavy atom. The lowest BCUT2D eigenvalue weighted by Gasteiger charge is -2.20. The zero-order valence-corrected chi connectivity index (χ0v) is 20.9. The van der Waals surface area contributed by atoms with Crippen LogP contribution in [0.25, 0.3) is 10.9 Å². The maximum atomic E-state index is 12.9. The fraction of sp³-hybridized carbons (Fsp3) is 0.333. The summed E-state index contributed by atoms with van der Waals surface area (Å²) in [6.45, 7) is 5.51. The Bertz CT molecular complexity index is 1280. The number of carbonyl (C=O) groups excluding carboxylic acids is 4. The lowest BCUT2D eigenvalue weighted by Crippen LogP contribution is -2.46. The Kier molecular flexibility index (Phi) is 8.47. The molecule has 3 aromatic rings. The molecule has 0 saturated heterocycles. The van der Waals surface area contributed by atoms with Crippen LogP contribution in [0.1, 0.15) is 42.4 Å². The highest BCUT2D eigenvalue weighted by molar-refractivity contribution is 6.45. The predicted molar refractivity (Wildman–Crippen MR) is 135 cm³/mol. The molecule has 3 rings (SSSR count). The van der Waals surface area contributed by atoms with Gasteiger partial charge in [-0.2, -0.15) is 0 Å². The highest BCUT2D eigenvalue weighted by atomic mass is 16.5. The second-order valence-electron chi connectivity index (χ2n) is 8.69. The van der Waals surface area contributed by atoms with Gasteiger partial charge in [0.2, 0.25) is 0 Å². The lowest BCUT2D eigenvalue weighted by molar-refractivity contribution is -0.146. The summed E-state index contributed by atoms with van der Waals surface area (Å²) in [4.78, 5) is 49.5. The van der Waals surface area contributed by atoms with Gasteiger partial charge >= 0.3 is 5.97 Å². The summed E-state index contributed by atoms with van der Waals surface area (Å²) in [6.07, 6.45) is 0.463. The van der Waals surface area contributed by atoms with E-state index in [4.69, 9.17) is 15.2 Å². The van der Waals surface area contributed by atoms with E-state index in [2.05, 4.69) is 5.32 Å². The maximum absolute atomic E-state index is 12.9. The van der Waals surface area contributed by atoms with Crippen LogP contribution in [0.2, 0.25) is 0 Å². The Balaban J connectivity index is 2.02. The molecule has 0 fully saturated rings. The van der Waals surface area contributed by atoms with Gasteiger partial charge in [-0.3, -0.25) is 14.4 Å². The highest BCUT2D eigenvalue weighted by Gasteiger charge is 2.28. The molecule has 190 valence electrons. The number of amides is 2. The first-order chi connectivity index (χ1) is 17.2. The second-order valence-corrected chi connectivity index (χ2v) is 8.69. The van der Waals surface area contributed by atoms with Crippen LogP contribution in [-0.2, 0) is 32.1 Å². The van der Waals surface area contributed by atoms with E-state index in [1.807, 2.05) is 47.9 Å². The van der Waals surface area contributed by atoms with Crippen LogP contribution < -0.4 is 15.8 Å². The van der Waals surface area contributed by atoms with Crippen LogP contribution in [0.5, 0.6) is 5.75 Å². The number of hydrogen-bond donors (Lipinski definition) is 2. The van der Waals surface area contributed by atoms with Crippen molar-refractivity contribution < 1.29 is 28.7 Å². The summed E-state index contributed by atoms with van der Waals surface area (Å²) in [5.41, 5.74) is 7.89. The number of esters is 1. The largest absolute Gasteiger partial charge is 0.483 e. The molecule has 0 radical (unpaired) electrons. The van der Waals surface area contributed by atoms with Crippen molar-refractivity contribution in [3.8, 4) is 5.75 Å². The monoisotopic (exact) mass is 493 g/mol. The van der Waals surface area contributed by atoms with Gasteiger partial charge in [-0.05, 0) is 30.0 Å². The molecule has 36 heavy (non-hydrogen) atoms. The zero-order chi connectivity index (χ0) is 26.4. The summed E-state index contributed by atoms with van der Waals surface area (Å²) >= 11 is 0. The van der Waals surface area contributed by atoms with Gasteiger partial charge in [0.25, 0.3) is 17.6 Å². The molecule has 3 N–H and O–H groups in total. The Labute approximate surface area is 209 Å². The summed E-state index contributed by atoms with van der Waals surface area (Å²) in [5.74, 6) is -2.92. The van der Waals surface area contributed by atoms with Crippen molar-refractivity contribution in [3.63, 3.8) is 0 Å². The minimum atomic E-state index is -1.08. The number of benzene rings is 2. The molecule has 0 unspecified atom stereocenters. The number of nitrogens with one attached hydrogen (secondary N) is 1. The molecule has 9 nitrogen and oxygen atoms in total. The van der Waals surface area contributed by atoms with Crippen molar-refractivity contribution >= 4 is 34.5 Å². The molecule has 1 aromatic heterocycles. The maximum Gasteiger partial charge on any atom is 0.328 e. The van der Waals surface area contributed by atoms with Crippen LogP contribution in [0.15, 0.2) is 48.5 Å². The van der Waals surface area contributed by atoms with E-state index in [0.29, 0.717) is 29.6 Å². The Hall–Kier alpha value is -4.14. The topological polar surface area (TPSA) is 130 Å². The fourth-order valence-electron chi connectivity index (χ4n) is 4.21. The van der Waals surface area contributed by atoms with Crippen LogP contribution in [0, 0.1) is 5.92 Å². The number of ketones is 1. The first-order valence-corrected chi connectivity index (χ1v) is 11.7. The molecular weight excluding hydrogens is 462 g/mol. The standard InChI is InChI=1S/C27H31N3O6/c1-5-18-23(25(32)26(28)33)22-19(30(18)14-17-10-7-6-8-11-17)12-9-13-20(22)36-15-21(31)29-24(16(2)3)27(34)35-4/h6-13,16,24H,5,14-15H2,1-4H3,(H2,28,33)(H,29,31)/t24-/m1/s1. The first kappa shape index (κ1) is 26.5. The van der Waals surface area contributed by atoms with E-state index in [1.165, 1.54) is 7.11 Å². The van der Waals surface area contributed by atoms with Crippen molar-refractivity contribution in [1.82, 2.24) is 9.88 Å². The smallest absolute Gasteiger partial charge is 0.328 e. The van der Waals surface area contributed by atoms with Gasteiger partial charge in [-0.1, -0.05) is 57.2 Å². The summed E-state index contributed by atoms with van der Waals surface area (Å²) in [5, 5.41) is 3.03. The fourth-order valence-corrected chi connectivity index (χ4v) is 4.21. The molecule has 0 spiro atoms. The highest BCUT2D eigenvalue weighted by Crippen LogP contribution is 2.35. The summed E-state index contributed by atoms with van der Waals surface area (Å²) < 4.78 is 12.5. The molecule has 1 atom stereocenters. The third kappa shape index (κ3) is 5.56. The average molecular weight is 494 g/mol. The lowest BCUT2D eigenvalue weighted by atomic mass is 10.0. The molecule has 2 aromatic carbocycles. The zero-order valence-electron chi connectivity index (χ0n) is 20.9. The van der Waals surface area contributed by atoms with E-state index in [1.54, 1.807) is 26.0 Å². The number of nitrogens with two attached hydrogens (primary N) is 1. The quantitative estimate of drug-likeness (QED) is 0.240. The number of carbonyl (C=O) groups is 4. The van der Waals surface area contributed by atoms with Gasteiger partial charge in [0.05, 0.1) is 23.6 Å². The molecule has 0 aliphatic rings. The molecule has 0 bridgehead atoms. The van der Waals surface area contributed by atoms with Crippen molar-refractivity contribution in [2.24, 2.45) is 11.7 Å². The third-order valence-corrected chi connectivity index (χ3v) is 5.93. The van der Waals surface area contributed by atoms with Gasteiger partial charge < -0.3 is 25.1 Å². The van der Waals surface area contributed by atoms with Gasteiger partial charge in [-0.15, -0.1) is 0 Å². The minimum Gasteiger partial charge on any atom is -0.483 e. The first-order valence-electron chi connectivity index (χ1n) is 11.7. The number of rotatable bonds is 11. The van der Waals surface area contributed by atoms with E-state index in [-0.39, 0.29) is 17.2 Å². The van der Waals surface area contributed by atoms with Crippen molar-refractivity contribution in [3.05, 3.63) is 65.4 Å². The van der Waals surface area contributed by atoms with Crippen LogP contribution >= 0.6 is 0 Å². The number of Topliss-reactive ketones (excluding diaryl/α,β-unsaturated/α-hetero) is 1. The molecular formula is C27H31N3O6. The molecule has 1 heterocycles. The Morgan fingerprint density at radius 3 is 2.31 bits per heavy atom. The predicted octanol–water partition coefficient (Wildman–Crippen LogP) is 2.61. The summed E-state index contributed by atoms with van der Waals surface area (Å²) in [7, 11) is 1.25. The SMILES string of the molecule is CCc1c(C(=O)C(N)=O)c2c(OCC(=O)N[C@@H](C(=O)OC)C(C)C)cccc2n1Cc1ccccc1. The van der Waals surface area contributed by atoms with Crippen molar-refractivity contribution in [1.29, 1.82) is 0 Å². The van der Waals surface area contributed by atoms with E-state index < -0.39 is 36.2 Å². The third-order valence-electron chi connectivity index (χ3n) is 5.93. The van der Waals surface area contributed by atoms with Gasteiger partial charge in [0.1, 0.15) is 11.8 Å². The van der Waals surface area contributed by atoms with Gasteiger partial charge in [0, 0.05) is 12.2 Å². The van der Waals surface area contributed by atoms with E-state index in [9.17, 15) is 19.2 Å². The van der Waals surface area contributed by atoms with Gasteiger partial charge in [0.15, 0.2) is 6.61 Å². The van der Waals surface area contributed by atoms with Gasteiger partial charge in [-0.25, -0.2) is 4.79 Å². The average Bonchev–Trinajstić information content (AvgIpc) is 3.18. The Morgan fingerprint density at radius 2 is 1.72 bits per heavy atom. The normalized spacial score (nSPS) is 11.8. The number of fused-ring (bicyclic) bond motifs is 1. The van der Waals surface area contributed by atoms with Crippen LogP contribution in [-0.4, -0.2) is 47.9 Å². The second kappa shape index (κ2) is 11.5. The number of ether oxygens (including phenoxy) is 2. The van der Waals surface area contributed by atoms with Crippen LogP contribution in [0.3, 0.4) is 0 Å². The molecule has 9 heteroatoms. The molecule has 0 saturated carbocycles. The molecule has 0 aliphatic carbocycles. The van der Waals surface area contributed by atoms with Crippen LogP contribution in [0.4, 0.5) is 0 Å². The number of primary amides is 1. The number of aromatic nitrogens is 1. The van der Waals surface area contributed by atoms with Crippen molar-refractivity contribution in [2.45, 2.75) is 39.8 Å². The van der Waals surface area contributed by atoms with E-state index >= 15 is 0 Å². The number of methoxy groups -OCH3 is 1. The number of hydrogen-bond acceptors (Lipinski definition) is 6.